The fourth-order valence-electron chi connectivity index (χ4n) is 3.15. The van der Waals surface area contributed by atoms with Crippen LogP contribution in [0.15, 0.2) is 24.3 Å². The number of halogens is 1. The minimum atomic E-state index is -0.312. The Hall–Kier alpha value is -2.28. The molecular formula is C19H26ClN3O4. The molecule has 1 heterocycles. The SMILES string of the molecule is CCOC(=O)N1CCC(N(CCC(=O)Nc2ccc(Cl)cc2)C(C)=O)CC1. The Morgan fingerprint density at radius 3 is 2.41 bits per heavy atom. The molecule has 0 radical (unpaired) electrons. The minimum Gasteiger partial charge on any atom is -0.450 e. The molecule has 0 aromatic heterocycles. The summed E-state index contributed by atoms with van der Waals surface area (Å²) in [6.45, 7) is 5.07. The second kappa shape index (κ2) is 10.2. The second-order valence-electron chi connectivity index (χ2n) is 6.43. The molecule has 1 saturated heterocycles. The van der Waals surface area contributed by atoms with Crippen LogP contribution in [0.5, 0.6) is 0 Å². The summed E-state index contributed by atoms with van der Waals surface area (Å²) in [5.41, 5.74) is 0.668. The molecule has 7 nitrogen and oxygen atoms in total. The van der Waals surface area contributed by atoms with Crippen LogP contribution in [0.1, 0.15) is 33.1 Å². The number of piperidine rings is 1. The molecule has 0 spiro atoms. The van der Waals surface area contributed by atoms with Gasteiger partial charge in [-0.05, 0) is 44.0 Å². The van der Waals surface area contributed by atoms with Crippen LogP contribution in [0.4, 0.5) is 10.5 Å². The van der Waals surface area contributed by atoms with Crippen molar-refractivity contribution in [3.63, 3.8) is 0 Å². The first-order chi connectivity index (χ1) is 12.9. The Kier molecular flexibility index (Phi) is 7.91. The van der Waals surface area contributed by atoms with Gasteiger partial charge in [-0.25, -0.2) is 4.79 Å². The van der Waals surface area contributed by atoms with E-state index in [1.807, 2.05) is 0 Å². The van der Waals surface area contributed by atoms with E-state index in [4.69, 9.17) is 16.3 Å². The summed E-state index contributed by atoms with van der Waals surface area (Å²) in [6, 6.07) is 6.89. The van der Waals surface area contributed by atoms with E-state index in [1.165, 1.54) is 6.92 Å². The Balaban J connectivity index is 1.83. The summed E-state index contributed by atoms with van der Waals surface area (Å²) in [7, 11) is 0. The number of hydrogen-bond donors (Lipinski definition) is 1. The van der Waals surface area contributed by atoms with E-state index in [9.17, 15) is 14.4 Å². The van der Waals surface area contributed by atoms with Crippen LogP contribution < -0.4 is 5.32 Å². The number of amides is 3. The first-order valence-corrected chi connectivity index (χ1v) is 9.52. The molecular weight excluding hydrogens is 370 g/mol. The van der Waals surface area contributed by atoms with Gasteiger partial charge in [-0.2, -0.15) is 0 Å². The molecule has 0 atom stereocenters. The summed E-state index contributed by atoms with van der Waals surface area (Å²) in [6.07, 6.45) is 1.25. The molecule has 3 amide bonds. The highest BCUT2D eigenvalue weighted by Gasteiger charge is 2.29. The van der Waals surface area contributed by atoms with E-state index < -0.39 is 0 Å². The lowest BCUT2D eigenvalue weighted by Crippen LogP contribution is -2.49. The van der Waals surface area contributed by atoms with Crippen LogP contribution in [0.25, 0.3) is 0 Å². The molecule has 0 saturated carbocycles. The Bertz CT molecular complexity index is 657. The van der Waals surface area contributed by atoms with Crippen molar-refractivity contribution in [1.29, 1.82) is 0 Å². The van der Waals surface area contributed by atoms with Crippen molar-refractivity contribution in [3.8, 4) is 0 Å². The van der Waals surface area contributed by atoms with E-state index >= 15 is 0 Å². The third kappa shape index (κ3) is 6.43. The second-order valence-corrected chi connectivity index (χ2v) is 6.87. The van der Waals surface area contributed by atoms with Gasteiger partial charge in [0.15, 0.2) is 0 Å². The summed E-state index contributed by atoms with van der Waals surface area (Å²) in [5, 5.41) is 3.40. The van der Waals surface area contributed by atoms with E-state index in [1.54, 1.807) is 41.0 Å². The van der Waals surface area contributed by atoms with Gasteiger partial charge in [-0.15, -0.1) is 0 Å². The molecule has 0 unspecified atom stereocenters. The van der Waals surface area contributed by atoms with E-state index in [-0.39, 0.29) is 30.4 Å². The number of anilines is 1. The maximum atomic E-state index is 12.2. The van der Waals surface area contributed by atoms with Crippen LogP contribution in [0.3, 0.4) is 0 Å². The molecule has 0 bridgehead atoms. The molecule has 2 rings (SSSR count). The van der Waals surface area contributed by atoms with Crippen molar-refractivity contribution >= 4 is 35.2 Å². The van der Waals surface area contributed by atoms with Gasteiger partial charge in [-0.3, -0.25) is 9.59 Å². The van der Waals surface area contributed by atoms with Gasteiger partial charge in [0.2, 0.25) is 11.8 Å². The van der Waals surface area contributed by atoms with Crippen LogP contribution in [0.2, 0.25) is 5.02 Å². The number of rotatable bonds is 6. The lowest BCUT2D eigenvalue weighted by Gasteiger charge is -2.37. The largest absolute Gasteiger partial charge is 0.450 e. The average molecular weight is 396 g/mol. The third-order valence-electron chi connectivity index (χ3n) is 4.54. The van der Waals surface area contributed by atoms with Crippen molar-refractivity contribution in [2.24, 2.45) is 0 Å². The van der Waals surface area contributed by atoms with E-state index in [2.05, 4.69) is 5.32 Å². The maximum Gasteiger partial charge on any atom is 0.409 e. The molecule has 0 aliphatic carbocycles. The van der Waals surface area contributed by atoms with Crippen LogP contribution in [-0.4, -0.2) is 60.0 Å². The summed E-state index contributed by atoms with van der Waals surface area (Å²) >= 11 is 5.83. The number of benzene rings is 1. The fourth-order valence-corrected chi connectivity index (χ4v) is 3.28. The Morgan fingerprint density at radius 1 is 1.22 bits per heavy atom. The summed E-state index contributed by atoms with van der Waals surface area (Å²) < 4.78 is 5.01. The zero-order valence-corrected chi connectivity index (χ0v) is 16.5. The Morgan fingerprint density at radius 2 is 1.85 bits per heavy atom. The van der Waals surface area contributed by atoms with Gasteiger partial charge < -0.3 is 19.9 Å². The van der Waals surface area contributed by atoms with Crippen LogP contribution in [-0.2, 0) is 14.3 Å². The number of likely N-dealkylation sites (tertiary alicyclic amines) is 1. The standard InChI is InChI=1S/C19H26ClN3O4/c1-3-27-19(26)22-11-8-17(9-12-22)23(14(2)24)13-10-18(25)21-16-6-4-15(20)5-7-16/h4-7,17H,3,8-13H2,1-2H3,(H,21,25). The first kappa shape index (κ1) is 21.0. The monoisotopic (exact) mass is 395 g/mol. The highest BCUT2D eigenvalue weighted by molar-refractivity contribution is 6.30. The third-order valence-corrected chi connectivity index (χ3v) is 4.80. The lowest BCUT2D eigenvalue weighted by atomic mass is 10.0. The summed E-state index contributed by atoms with van der Waals surface area (Å²) in [5.74, 6) is -0.226. The molecule has 1 fully saturated rings. The van der Waals surface area contributed by atoms with Crippen LogP contribution in [0, 0.1) is 0 Å². The zero-order chi connectivity index (χ0) is 19.8. The molecule has 1 aromatic carbocycles. The minimum absolute atomic E-state index is 0.0245. The van der Waals surface area contributed by atoms with Crippen molar-refractivity contribution < 1.29 is 19.1 Å². The smallest absolute Gasteiger partial charge is 0.409 e. The molecule has 1 aromatic rings. The Labute approximate surface area is 164 Å². The van der Waals surface area contributed by atoms with Gasteiger partial charge in [0.25, 0.3) is 0 Å². The van der Waals surface area contributed by atoms with Crippen molar-refractivity contribution in [1.82, 2.24) is 9.80 Å². The lowest BCUT2D eigenvalue weighted by molar-refractivity contribution is -0.132. The van der Waals surface area contributed by atoms with Gasteiger partial charge >= 0.3 is 6.09 Å². The van der Waals surface area contributed by atoms with Gasteiger partial charge in [-0.1, -0.05) is 11.6 Å². The predicted octanol–water partition coefficient (Wildman–Crippen LogP) is 3.14. The maximum absolute atomic E-state index is 12.2. The van der Waals surface area contributed by atoms with Crippen LogP contribution >= 0.6 is 11.6 Å². The zero-order valence-electron chi connectivity index (χ0n) is 15.7. The predicted molar refractivity (Wildman–Crippen MR) is 104 cm³/mol. The highest BCUT2D eigenvalue weighted by atomic mass is 35.5. The molecule has 1 aliphatic heterocycles. The fraction of sp³-hybridized carbons (Fsp3) is 0.526. The van der Waals surface area contributed by atoms with Crippen molar-refractivity contribution in [3.05, 3.63) is 29.3 Å². The number of hydrogen-bond acceptors (Lipinski definition) is 4. The number of carbonyl (C=O) groups is 3. The molecule has 1 N–H and O–H groups in total. The number of ether oxygens (including phenoxy) is 1. The average Bonchev–Trinajstić information content (AvgIpc) is 2.64. The number of nitrogens with zero attached hydrogens (tertiary/aromatic N) is 2. The first-order valence-electron chi connectivity index (χ1n) is 9.15. The van der Waals surface area contributed by atoms with E-state index in [0.717, 1.165) is 0 Å². The summed E-state index contributed by atoms with van der Waals surface area (Å²) in [4.78, 5) is 39.4. The highest BCUT2D eigenvalue weighted by Crippen LogP contribution is 2.18. The van der Waals surface area contributed by atoms with Crippen molar-refractivity contribution in [2.75, 3.05) is 31.6 Å². The molecule has 8 heteroatoms. The molecule has 1 aliphatic rings. The van der Waals surface area contributed by atoms with E-state index in [0.29, 0.717) is 49.8 Å². The number of nitrogens with one attached hydrogen (secondary N) is 1. The van der Waals surface area contributed by atoms with Gasteiger partial charge in [0, 0.05) is 49.7 Å². The topological polar surface area (TPSA) is 79.0 Å². The normalized spacial score (nSPS) is 14.6. The molecule has 27 heavy (non-hydrogen) atoms. The van der Waals surface area contributed by atoms with Gasteiger partial charge in [0.1, 0.15) is 0 Å². The van der Waals surface area contributed by atoms with Crippen molar-refractivity contribution in [2.45, 2.75) is 39.2 Å². The van der Waals surface area contributed by atoms with Gasteiger partial charge in [0.05, 0.1) is 6.61 Å². The molecule has 148 valence electrons. The quantitative estimate of drug-likeness (QED) is 0.802. The number of carbonyl (C=O) groups excluding carboxylic acids is 3.